The summed E-state index contributed by atoms with van der Waals surface area (Å²) in [5.41, 5.74) is 0.652. The van der Waals surface area contributed by atoms with Crippen molar-refractivity contribution in [3.05, 3.63) is 53.2 Å². The number of pyridine rings is 1. The summed E-state index contributed by atoms with van der Waals surface area (Å²) in [5, 5.41) is 10.1. The van der Waals surface area contributed by atoms with Gasteiger partial charge in [0.15, 0.2) is 5.82 Å². The summed E-state index contributed by atoms with van der Waals surface area (Å²) in [4.78, 5) is 8.14. The van der Waals surface area contributed by atoms with Gasteiger partial charge in [0.25, 0.3) is 0 Å². The normalized spacial score (nSPS) is 10.8. The Kier molecular flexibility index (Phi) is 3.17. The molecule has 4 heteroatoms. The van der Waals surface area contributed by atoms with Gasteiger partial charge in [0.1, 0.15) is 5.75 Å². The Hall–Kier alpha value is -1.87. The molecule has 2 rings (SSSR count). The first-order valence-electron chi connectivity index (χ1n) is 4.69. The second kappa shape index (κ2) is 4.77. The van der Waals surface area contributed by atoms with E-state index in [0.29, 0.717) is 16.4 Å². The van der Waals surface area contributed by atoms with E-state index in [0.717, 1.165) is 0 Å². The summed E-state index contributed by atoms with van der Waals surface area (Å²) in [6.07, 6.45) is 3.09. The molecular weight excluding hydrogens is 224 g/mol. The molecule has 2 aromatic rings. The van der Waals surface area contributed by atoms with E-state index in [-0.39, 0.29) is 5.75 Å². The van der Waals surface area contributed by atoms with Gasteiger partial charge in [-0.25, -0.2) is 9.98 Å². The van der Waals surface area contributed by atoms with Crippen molar-refractivity contribution >= 4 is 23.6 Å². The van der Waals surface area contributed by atoms with Crippen LogP contribution in [0.15, 0.2) is 47.6 Å². The van der Waals surface area contributed by atoms with Gasteiger partial charge in [-0.1, -0.05) is 23.7 Å². The first kappa shape index (κ1) is 10.6. The summed E-state index contributed by atoms with van der Waals surface area (Å²) < 4.78 is 0. The van der Waals surface area contributed by atoms with Crippen LogP contribution in [0.25, 0.3) is 0 Å². The smallest absolute Gasteiger partial charge is 0.151 e. The van der Waals surface area contributed by atoms with Crippen molar-refractivity contribution in [1.82, 2.24) is 4.98 Å². The van der Waals surface area contributed by atoms with Crippen molar-refractivity contribution in [3.8, 4) is 5.75 Å². The quantitative estimate of drug-likeness (QED) is 0.809. The molecule has 0 fully saturated rings. The first-order chi connectivity index (χ1) is 7.75. The van der Waals surface area contributed by atoms with Crippen molar-refractivity contribution in [1.29, 1.82) is 0 Å². The number of para-hydroxylation sites is 1. The third kappa shape index (κ3) is 2.58. The number of phenols is 1. The molecule has 0 radical (unpaired) electrons. The van der Waals surface area contributed by atoms with Crippen LogP contribution in [0.3, 0.4) is 0 Å². The minimum Gasteiger partial charge on any atom is -0.507 e. The number of aromatic hydroxyl groups is 1. The van der Waals surface area contributed by atoms with Crippen LogP contribution in [-0.2, 0) is 0 Å². The van der Waals surface area contributed by atoms with Crippen LogP contribution >= 0.6 is 11.6 Å². The van der Waals surface area contributed by atoms with Crippen LogP contribution in [0.1, 0.15) is 5.56 Å². The molecule has 0 saturated carbocycles. The Bertz CT molecular complexity index is 509. The lowest BCUT2D eigenvalue weighted by Crippen LogP contribution is -1.81. The van der Waals surface area contributed by atoms with E-state index in [2.05, 4.69) is 9.98 Å². The highest BCUT2D eigenvalue weighted by Crippen LogP contribution is 2.15. The molecule has 0 spiro atoms. The van der Waals surface area contributed by atoms with Crippen LogP contribution in [0, 0.1) is 0 Å². The number of aromatic nitrogens is 1. The van der Waals surface area contributed by atoms with Crippen LogP contribution < -0.4 is 0 Å². The van der Waals surface area contributed by atoms with Gasteiger partial charge in [0.05, 0.1) is 5.02 Å². The zero-order valence-electron chi connectivity index (χ0n) is 8.34. The Labute approximate surface area is 98.1 Å². The largest absolute Gasteiger partial charge is 0.507 e. The third-order valence-corrected chi connectivity index (χ3v) is 2.21. The van der Waals surface area contributed by atoms with E-state index < -0.39 is 0 Å². The Morgan fingerprint density at radius 2 is 2.00 bits per heavy atom. The fourth-order valence-corrected chi connectivity index (χ4v) is 1.29. The lowest BCUT2D eigenvalue weighted by Gasteiger charge is -1.96. The number of hydrogen-bond donors (Lipinski definition) is 1. The number of benzene rings is 1. The zero-order valence-corrected chi connectivity index (χ0v) is 9.09. The molecule has 16 heavy (non-hydrogen) atoms. The zero-order chi connectivity index (χ0) is 11.4. The van der Waals surface area contributed by atoms with Crippen LogP contribution in [0.2, 0.25) is 5.02 Å². The van der Waals surface area contributed by atoms with E-state index in [1.807, 2.05) is 6.07 Å². The van der Waals surface area contributed by atoms with E-state index in [4.69, 9.17) is 11.6 Å². The molecule has 0 saturated heterocycles. The van der Waals surface area contributed by atoms with Crippen molar-refractivity contribution < 1.29 is 5.11 Å². The molecule has 0 amide bonds. The molecule has 0 aliphatic carbocycles. The maximum atomic E-state index is 9.50. The second-order valence-electron chi connectivity index (χ2n) is 3.15. The topological polar surface area (TPSA) is 45.5 Å². The van der Waals surface area contributed by atoms with Crippen molar-refractivity contribution in [2.45, 2.75) is 0 Å². The predicted octanol–water partition coefficient (Wildman–Crippen LogP) is 3.19. The molecule has 80 valence electrons. The van der Waals surface area contributed by atoms with Gasteiger partial charge in [-0.3, -0.25) is 0 Å². The fraction of sp³-hybridized carbons (Fsp3) is 0. The number of hydrogen-bond acceptors (Lipinski definition) is 3. The van der Waals surface area contributed by atoms with Gasteiger partial charge in [-0.15, -0.1) is 0 Å². The maximum Gasteiger partial charge on any atom is 0.151 e. The lowest BCUT2D eigenvalue weighted by molar-refractivity contribution is 0.474. The van der Waals surface area contributed by atoms with Gasteiger partial charge in [0.2, 0.25) is 0 Å². The van der Waals surface area contributed by atoms with Crippen molar-refractivity contribution in [3.63, 3.8) is 0 Å². The molecule has 0 atom stereocenters. The highest BCUT2D eigenvalue weighted by Gasteiger charge is 1.95. The lowest BCUT2D eigenvalue weighted by atomic mass is 10.2. The molecule has 0 aliphatic heterocycles. The number of phenolic OH excluding ortho intramolecular Hbond substituents is 1. The van der Waals surface area contributed by atoms with Crippen LogP contribution in [0.4, 0.5) is 5.82 Å². The van der Waals surface area contributed by atoms with E-state index in [1.165, 1.54) is 6.20 Å². The summed E-state index contributed by atoms with van der Waals surface area (Å²) in [6.45, 7) is 0. The average Bonchev–Trinajstić information content (AvgIpc) is 2.30. The van der Waals surface area contributed by atoms with Crippen molar-refractivity contribution in [2.24, 2.45) is 4.99 Å². The second-order valence-corrected chi connectivity index (χ2v) is 3.59. The van der Waals surface area contributed by atoms with E-state index in [1.54, 1.807) is 36.5 Å². The van der Waals surface area contributed by atoms with Gasteiger partial charge in [-0.05, 0) is 24.3 Å². The van der Waals surface area contributed by atoms with Crippen LogP contribution in [0.5, 0.6) is 5.75 Å². The van der Waals surface area contributed by atoms with Gasteiger partial charge >= 0.3 is 0 Å². The molecule has 1 aromatic heterocycles. The molecule has 1 aromatic carbocycles. The van der Waals surface area contributed by atoms with Gasteiger partial charge in [0, 0.05) is 18.0 Å². The molecule has 1 heterocycles. The summed E-state index contributed by atoms with van der Waals surface area (Å²) in [6, 6.07) is 10.4. The monoisotopic (exact) mass is 232 g/mol. The molecule has 0 bridgehead atoms. The third-order valence-electron chi connectivity index (χ3n) is 1.98. The summed E-state index contributed by atoms with van der Waals surface area (Å²) >= 11 is 5.70. The molecule has 1 N–H and O–H groups in total. The van der Waals surface area contributed by atoms with Gasteiger partial charge < -0.3 is 5.11 Å². The SMILES string of the molecule is Oc1ccccc1C=Nc1ccc(Cl)cn1. The highest BCUT2D eigenvalue weighted by molar-refractivity contribution is 6.30. The molecule has 0 unspecified atom stereocenters. The molecule has 3 nitrogen and oxygen atoms in total. The number of halogens is 1. The Morgan fingerprint density at radius 3 is 2.69 bits per heavy atom. The number of aliphatic imine (C=N–C) groups is 1. The Balaban J connectivity index is 2.21. The maximum absolute atomic E-state index is 9.50. The van der Waals surface area contributed by atoms with Crippen LogP contribution in [-0.4, -0.2) is 16.3 Å². The van der Waals surface area contributed by atoms with Crippen molar-refractivity contribution in [2.75, 3.05) is 0 Å². The van der Waals surface area contributed by atoms with E-state index >= 15 is 0 Å². The average molecular weight is 233 g/mol. The standard InChI is InChI=1S/C12H9ClN2O/c13-10-5-6-12(15-8-10)14-7-9-3-1-2-4-11(9)16/h1-8,16H. The van der Waals surface area contributed by atoms with Gasteiger partial charge in [-0.2, -0.15) is 0 Å². The first-order valence-corrected chi connectivity index (χ1v) is 5.07. The van der Waals surface area contributed by atoms with E-state index in [9.17, 15) is 5.11 Å². The number of nitrogens with zero attached hydrogens (tertiary/aromatic N) is 2. The minimum atomic E-state index is 0.195. The Morgan fingerprint density at radius 1 is 1.19 bits per heavy atom. The summed E-state index contributed by atoms with van der Waals surface area (Å²) in [5.74, 6) is 0.743. The number of rotatable bonds is 2. The summed E-state index contributed by atoms with van der Waals surface area (Å²) in [7, 11) is 0. The minimum absolute atomic E-state index is 0.195. The highest BCUT2D eigenvalue weighted by atomic mass is 35.5. The molecule has 0 aliphatic rings. The molecular formula is C12H9ClN2O. The predicted molar refractivity (Wildman–Crippen MR) is 64.6 cm³/mol. The fourth-order valence-electron chi connectivity index (χ4n) is 1.18.